The first kappa shape index (κ1) is 12.8. The first-order valence-electron chi connectivity index (χ1n) is 6.53. The van der Waals surface area contributed by atoms with Gasteiger partial charge in [-0.05, 0) is 20.3 Å². The van der Waals surface area contributed by atoms with E-state index in [-0.39, 0.29) is 30.9 Å². The van der Waals surface area contributed by atoms with Crippen LogP contribution < -0.4 is 0 Å². The van der Waals surface area contributed by atoms with Gasteiger partial charge in [0.05, 0.1) is 30.9 Å². The Hall–Kier alpha value is -0.240. The zero-order chi connectivity index (χ0) is 13.1. The summed E-state index contributed by atoms with van der Waals surface area (Å²) in [5.41, 5.74) is 0. The number of fused-ring (bicyclic) bond motifs is 3. The highest BCUT2D eigenvalue weighted by Crippen LogP contribution is 2.45. The molecule has 0 spiro atoms. The van der Waals surface area contributed by atoms with Crippen LogP contribution in [0.15, 0.2) is 0 Å². The van der Waals surface area contributed by atoms with Gasteiger partial charge in [0.25, 0.3) is 0 Å². The van der Waals surface area contributed by atoms with E-state index >= 15 is 0 Å². The van der Waals surface area contributed by atoms with Crippen LogP contribution in [0, 0.1) is 0 Å². The normalized spacial score (nSPS) is 48.2. The van der Waals surface area contributed by atoms with Crippen LogP contribution in [0.5, 0.6) is 0 Å². The topological polar surface area (TPSA) is 82.4 Å². The van der Waals surface area contributed by atoms with E-state index in [1.54, 1.807) is 0 Å². The molecule has 0 radical (unpaired) electrons. The molecule has 3 fully saturated rings. The van der Waals surface area contributed by atoms with Crippen LogP contribution in [-0.2, 0) is 9.47 Å². The third kappa shape index (κ3) is 1.71. The lowest BCUT2D eigenvalue weighted by molar-refractivity contribution is -0.175. The van der Waals surface area contributed by atoms with Gasteiger partial charge >= 0.3 is 0 Å². The number of rotatable bonds is 2. The fourth-order valence-corrected chi connectivity index (χ4v) is 3.66. The van der Waals surface area contributed by atoms with E-state index in [1.807, 2.05) is 18.7 Å². The van der Waals surface area contributed by atoms with Gasteiger partial charge in [0.2, 0.25) is 0 Å². The Bertz CT molecular complexity index is 336. The van der Waals surface area contributed by atoms with Crippen molar-refractivity contribution in [1.29, 1.82) is 0 Å². The monoisotopic (exact) mass is 259 g/mol. The molecule has 3 N–H and O–H groups in total. The lowest BCUT2D eigenvalue weighted by Gasteiger charge is -2.32. The summed E-state index contributed by atoms with van der Waals surface area (Å²) in [6.07, 6.45) is -1.17. The third-order valence-corrected chi connectivity index (χ3v) is 4.26. The second kappa shape index (κ2) is 4.13. The largest absolute Gasteiger partial charge is 0.394 e. The quantitative estimate of drug-likeness (QED) is 0.570. The van der Waals surface area contributed by atoms with Gasteiger partial charge in [0.15, 0.2) is 5.79 Å². The summed E-state index contributed by atoms with van der Waals surface area (Å²) in [7, 11) is 0. The molecule has 0 amide bonds. The molecule has 18 heavy (non-hydrogen) atoms. The Kier molecular flexibility index (Phi) is 2.93. The van der Waals surface area contributed by atoms with Crippen molar-refractivity contribution in [3.8, 4) is 0 Å². The maximum atomic E-state index is 10.1. The average molecular weight is 259 g/mol. The summed E-state index contributed by atoms with van der Waals surface area (Å²) in [5.74, 6) is -0.697. The molecule has 3 rings (SSSR count). The van der Waals surface area contributed by atoms with E-state index < -0.39 is 18.0 Å². The Morgan fingerprint density at radius 3 is 2.67 bits per heavy atom. The van der Waals surface area contributed by atoms with Crippen molar-refractivity contribution in [3.63, 3.8) is 0 Å². The highest BCUT2D eigenvalue weighted by molar-refractivity contribution is 5.12. The lowest BCUT2D eigenvalue weighted by atomic mass is 10.0. The maximum absolute atomic E-state index is 10.1. The Morgan fingerprint density at radius 2 is 2.00 bits per heavy atom. The molecular formula is C12H21NO5. The van der Waals surface area contributed by atoms with Crippen molar-refractivity contribution in [2.45, 2.75) is 62.6 Å². The molecule has 0 aliphatic carbocycles. The summed E-state index contributed by atoms with van der Waals surface area (Å²) in [5, 5.41) is 29.3. The predicted molar refractivity (Wildman–Crippen MR) is 61.8 cm³/mol. The van der Waals surface area contributed by atoms with E-state index in [0.717, 1.165) is 0 Å². The molecule has 0 aromatic heterocycles. The summed E-state index contributed by atoms with van der Waals surface area (Å²) in [6, 6.07) is -0.438. The second-order valence-corrected chi connectivity index (χ2v) is 5.89. The van der Waals surface area contributed by atoms with Gasteiger partial charge in [0, 0.05) is 6.54 Å². The van der Waals surface area contributed by atoms with Gasteiger partial charge in [-0.15, -0.1) is 0 Å². The Balaban J connectivity index is 1.90. The molecule has 3 aliphatic heterocycles. The van der Waals surface area contributed by atoms with Gasteiger partial charge in [-0.1, -0.05) is 0 Å². The minimum atomic E-state index is -0.870. The van der Waals surface area contributed by atoms with Crippen LogP contribution in [0.1, 0.15) is 20.3 Å². The molecule has 0 aromatic rings. The molecule has 0 bridgehead atoms. The van der Waals surface area contributed by atoms with Gasteiger partial charge in [-0.3, -0.25) is 4.90 Å². The second-order valence-electron chi connectivity index (χ2n) is 5.89. The highest BCUT2D eigenvalue weighted by Gasteiger charge is 2.62. The van der Waals surface area contributed by atoms with Crippen molar-refractivity contribution in [1.82, 2.24) is 4.90 Å². The van der Waals surface area contributed by atoms with Crippen LogP contribution in [0.3, 0.4) is 0 Å². The molecule has 3 saturated heterocycles. The van der Waals surface area contributed by atoms with Gasteiger partial charge < -0.3 is 24.8 Å². The van der Waals surface area contributed by atoms with E-state index in [4.69, 9.17) is 9.47 Å². The summed E-state index contributed by atoms with van der Waals surface area (Å²) >= 11 is 0. The maximum Gasteiger partial charge on any atom is 0.163 e. The Labute approximate surface area is 106 Å². The molecule has 0 unspecified atom stereocenters. The van der Waals surface area contributed by atoms with Gasteiger partial charge in [-0.25, -0.2) is 0 Å². The fourth-order valence-electron chi connectivity index (χ4n) is 3.66. The van der Waals surface area contributed by atoms with Crippen molar-refractivity contribution in [2.75, 3.05) is 13.2 Å². The van der Waals surface area contributed by atoms with E-state index in [9.17, 15) is 15.3 Å². The van der Waals surface area contributed by atoms with E-state index in [2.05, 4.69) is 0 Å². The van der Waals surface area contributed by atoms with E-state index in [0.29, 0.717) is 13.0 Å². The zero-order valence-corrected chi connectivity index (χ0v) is 10.7. The zero-order valence-electron chi connectivity index (χ0n) is 10.7. The molecule has 3 heterocycles. The Morgan fingerprint density at radius 1 is 1.33 bits per heavy atom. The number of nitrogens with zero attached hydrogens (tertiary/aromatic N) is 1. The van der Waals surface area contributed by atoms with Crippen LogP contribution in [0.25, 0.3) is 0 Å². The van der Waals surface area contributed by atoms with Crippen molar-refractivity contribution in [3.05, 3.63) is 0 Å². The van der Waals surface area contributed by atoms with Crippen molar-refractivity contribution >= 4 is 0 Å². The number of hydrogen-bond acceptors (Lipinski definition) is 6. The van der Waals surface area contributed by atoms with Gasteiger partial charge in [0.1, 0.15) is 12.2 Å². The molecule has 6 nitrogen and oxygen atoms in total. The average Bonchev–Trinajstić information content (AvgIpc) is 2.87. The molecule has 6 heteroatoms. The van der Waals surface area contributed by atoms with Crippen LogP contribution in [0.4, 0.5) is 0 Å². The van der Waals surface area contributed by atoms with Crippen LogP contribution in [-0.4, -0.2) is 75.7 Å². The van der Waals surface area contributed by atoms with Gasteiger partial charge in [-0.2, -0.15) is 0 Å². The van der Waals surface area contributed by atoms with Crippen molar-refractivity contribution in [2.24, 2.45) is 0 Å². The first-order valence-corrected chi connectivity index (χ1v) is 6.53. The fraction of sp³-hybridized carbons (Fsp3) is 1.00. The molecule has 104 valence electrons. The number of aliphatic hydroxyl groups excluding tert-OH is 3. The van der Waals surface area contributed by atoms with Crippen LogP contribution in [0.2, 0.25) is 0 Å². The number of aliphatic hydroxyl groups is 3. The molecule has 3 aliphatic rings. The lowest BCUT2D eigenvalue weighted by Crippen LogP contribution is -2.48. The minimum absolute atomic E-state index is 0.136. The number of ether oxygens (including phenoxy) is 2. The summed E-state index contributed by atoms with van der Waals surface area (Å²) < 4.78 is 11.7. The minimum Gasteiger partial charge on any atom is -0.394 e. The highest BCUT2D eigenvalue weighted by atomic mass is 16.8. The predicted octanol–water partition coefficient (Wildman–Crippen LogP) is -1.32. The molecule has 0 aromatic carbocycles. The SMILES string of the molecule is CC1(C)O[C@@H]2[C@H](O1)[C@H]1[C@H](O)CCN1[C@H]2[C@@H](O)CO. The molecule has 0 saturated carbocycles. The van der Waals surface area contributed by atoms with Crippen LogP contribution >= 0.6 is 0 Å². The smallest absolute Gasteiger partial charge is 0.163 e. The summed E-state index contributed by atoms with van der Waals surface area (Å²) in [4.78, 5) is 2.02. The van der Waals surface area contributed by atoms with Crippen molar-refractivity contribution < 1.29 is 24.8 Å². The number of hydrogen-bond donors (Lipinski definition) is 3. The molecular weight excluding hydrogens is 238 g/mol. The van der Waals surface area contributed by atoms with E-state index in [1.165, 1.54) is 0 Å². The standard InChI is InChI=1S/C12H21NO5/c1-12(2)17-10-8-6(15)3-4-13(8)9(7(16)5-14)11(10)18-12/h6-11,14-16H,3-5H2,1-2H3/t6-,7+,8-,9+,10-,11+/m1/s1. The third-order valence-electron chi connectivity index (χ3n) is 4.26. The first-order chi connectivity index (χ1) is 8.44. The summed E-state index contributed by atoms with van der Waals surface area (Å²) in [6.45, 7) is 4.06. The molecule has 6 atom stereocenters.